The molecule has 0 aliphatic heterocycles. The predicted molar refractivity (Wildman–Crippen MR) is 95.7 cm³/mol. The number of aromatic nitrogens is 1. The largest absolute Gasteiger partial charge is 0.452 e. The number of nitrogens with one attached hydrogen (secondary N) is 2. The van der Waals surface area contributed by atoms with Crippen molar-refractivity contribution >= 4 is 35.1 Å². The van der Waals surface area contributed by atoms with Crippen molar-refractivity contribution in [2.24, 2.45) is 0 Å². The Kier molecular flexibility index (Phi) is 6.20. The molecule has 2 aromatic rings. The second kappa shape index (κ2) is 8.35. The topological polar surface area (TPSA) is 80.3 Å². The van der Waals surface area contributed by atoms with E-state index in [1.165, 1.54) is 0 Å². The lowest BCUT2D eigenvalue weighted by Gasteiger charge is -2.10. The van der Waals surface area contributed by atoms with Gasteiger partial charge in [0.05, 0.1) is 0 Å². The van der Waals surface area contributed by atoms with Crippen LogP contribution < -0.4 is 10.6 Å². The molecule has 0 spiro atoms. The normalized spacial score (nSPS) is 10.1. The van der Waals surface area contributed by atoms with Crippen LogP contribution in [0.15, 0.2) is 41.3 Å². The fourth-order valence-electron chi connectivity index (χ4n) is 2.02. The number of carbonyl (C=O) groups is 2. The second-order valence-electron chi connectivity index (χ2n) is 4.96. The Labute approximate surface area is 145 Å². The molecule has 6 nitrogen and oxygen atoms in total. The van der Waals surface area contributed by atoms with E-state index in [1.54, 1.807) is 37.0 Å². The van der Waals surface area contributed by atoms with Gasteiger partial charge in [0.2, 0.25) is 0 Å². The molecule has 1 aromatic heterocycles. The summed E-state index contributed by atoms with van der Waals surface area (Å²) in [4.78, 5) is 29.3. The lowest BCUT2D eigenvalue weighted by Crippen LogP contribution is -2.21. The zero-order chi connectivity index (χ0) is 17.5. The van der Waals surface area contributed by atoms with Gasteiger partial charge in [-0.1, -0.05) is 6.07 Å². The fraction of sp³-hybridized carbons (Fsp3) is 0.235. The van der Waals surface area contributed by atoms with E-state index in [1.807, 2.05) is 31.4 Å². The van der Waals surface area contributed by atoms with Crippen LogP contribution in [0.4, 0.5) is 11.5 Å². The van der Waals surface area contributed by atoms with Crippen molar-refractivity contribution in [3.63, 3.8) is 0 Å². The summed E-state index contributed by atoms with van der Waals surface area (Å²) in [7, 11) is 1.67. The van der Waals surface area contributed by atoms with Crippen molar-refractivity contribution in [2.75, 3.05) is 30.5 Å². The van der Waals surface area contributed by atoms with Crippen molar-refractivity contribution in [1.29, 1.82) is 0 Å². The SMILES string of the molecule is CNc1nc(C)ccc1C(=O)OCC(=O)Nc1cccc(SC)c1. The van der Waals surface area contributed by atoms with E-state index >= 15 is 0 Å². The quantitative estimate of drug-likeness (QED) is 0.619. The molecule has 24 heavy (non-hydrogen) atoms. The van der Waals surface area contributed by atoms with Gasteiger partial charge in [0.1, 0.15) is 11.4 Å². The van der Waals surface area contributed by atoms with Crippen molar-refractivity contribution in [3.8, 4) is 0 Å². The highest BCUT2D eigenvalue weighted by atomic mass is 32.2. The third kappa shape index (κ3) is 4.73. The number of thioether (sulfide) groups is 1. The summed E-state index contributed by atoms with van der Waals surface area (Å²) in [6.45, 7) is 1.46. The number of nitrogens with zero attached hydrogens (tertiary/aromatic N) is 1. The minimum absolute atomic E-state index is 0.292. The van der Waals surface area contributed by atoms with Crippen LogP contribution >= 0.6 is 11.8 Å². The summed E-state index contributed by atoms with van der Waals surface area (Å²) >= 11 is 1.58. The molecule has 2 N–H and O–H groups in total. The van der Waals surface area contributed by atoms with Gasteiger partial charge in [-0.2, -0.15) is 0 Å². The number of carbonyl (C=O) groups excluding carboxylic acids is 2. The Morgan fingerprint density at radius 2 is 2.04 bits per heavy atom. The Morgan fingerprint density at radius 3 is 2.75 bits per heavy atom. The Bertz CT molecular complexity index is 750. The van der Waals surface area contributed by atoms with Crippen LogP contribution in [0.25, 0.3) is 0 Å². The molecule has 0 unspecified atom stereocenters. The number of benzene rings is 1. The number of hydrogen-bond donors (Lipinski definition) is 2. The standard InChI is InChI=1S/C17H19N3O3S/c1-11-7-8-14(16(18-2)19-11)17(22)23-10-15(21)20-12-5-4-6-13(9-12)24-3/h4-9H,10H2,1-3H3,(H,18,19)(H,20,21). The van der Waals surface area contributed by atoms with Gasteiger partial charge in [-0.25, -0.2) is 9.78 Å². The van der Waals surface area contributed by atoms with Gasteiger partial charge in [0, 0.05) is 23.3 Å². The average molecular weight is 345 g/mol. The van der Waals surface area contributed by atoms with E-state index in [-0.39, 0.29) is 6.61 Å². The van der Waals surface area contributed by atoms with Crippen LogP contribution in [0, 0.1) is 6.92 Å². The van der Waals surface area contributed by atoms with Gasteiger partial charge >= 0.3 is 5.97 Å². The van der Waals surface area contributed by atoms with Crippen molar-refractivity contribution in [3.05, 3.63) is 47.7 Å². The molecular formula is C17H19N3O3S. The predicted octanol–water partition coefficient (Wildman–Crippen LogP) is 2.95. The lowest BCUT2D eigenvalue weighted by molar-refractivity contribution is -0.119. The van der Waals surface area contributed by atoms with Gasteiger partial charge < -0.3 is 15.4 Å². The molecule has 0 bridgehead atoms. The summed E-state index contributed by atoms with van der Waals surface area (Å²) in [5.41, 5.74) is 1.73. The highest BCUT2D eigenvalue weighted by molar-refractivity contribution is 7.98. The van der Waals surface area contributed by atoms with E-state index in [9.17, 15) is 9.59 Å². The molecule has 1 heterocycles. The maximum Gasteiger partial charge on any atom is 0.342 e. The Hall–Kier alpha value is -2.54. The first-order chi connectivity index (χ1) is 11.5. The van der Waals surface area contributed by atoms with Crippen molar-refractivity contribution in [1.82, 2.24) is 4.98 Å². The number of amides is 1. The number of aryl methyl sites for hydroxylation is 1. The first-order valence-electron chi connectivity index (χ1n) is 7.30. The molecule has 126 valence electrons. The maximum absolute atomic E-state index is 12.1. The van der Waals surface area contributed by atoms with Gasteiger partial charge in [-0.3, -0.25) is 4.79 Å². The number of hydrogen-bond acceptors (Lipinski definition) is 6. The summed E-state index contributed by atoms with van der Waals surface area (Å²) in [5, 5.41) is 5.54. The highest BCUT2D eigenvalue weighted by Gasteiger charge is 2.15. The summed E-state index contributed by atoms with van der Waals surface area (Å²) in [6, 6.07) is 10.8. The Balaban J connectivity index is 1.95. The smallest absolute Gasteiger partial charge is 0.342 e. The van der Waals surface area contributed by atoms with Gasteiger partial charge in [0.15, 0.2) is 6.61 Å². The number of pyridine rings is 1. The summed E-state index contributed by atoms with van der Waals surface area (Å²) in [5.74, 6) is -0.569. The molecule has 0 fully saturated rings. The maximum atomic E-state index is 12.1. The molecule has 0 radical (unpaired) electrons. The van der Waals surface area contributed by atoms with Crippen molar-refractivity contribution < 1.29 is 14.3 Å². The summed E-state index contributed by atoms with van der Waals surface area (Å²) < 4.78 is 5.06. The molecule has 0 saturated heterocycles. The lowest BCUT2D eigenvalue weighted by atomic mass is 10.2. The van der Waals surface area contributed by atoms with Gasteiger partial charge in [-0.05, 0) is 43.5 Å². The molecule has 0 saturated carbocycles. The van der Waals surface area contributed by atoms with Crippen LogP contribution in [-0.4, -0.2) is 36.8 Å². The van der Waals surface area contributed by atoms with Crippen LogP contribution in [0.3, 0.4) is 0 Å². The Morgan fingerprint density at radius 1 is 1.25 bits per heavy atom. The molecule has 7 heteroatoms. The van der Waals surface area contributed by atoms with Gasteiger partial charge in [-0.15, -0.1) is 11.8 Å². The van der Waals surface area contributed by atoms with Crippen LogP contribution in [-0.2, 0) is 9.53 Å². The third-order valence-electron chi connectivity index (χ3n) is 3.18. The minimum Gasteiger partial charge on any atom is -0.452 e. The second-order valence-corrected chi connectivity index (χ2v) is 5.83. The molecule has 1 amide bonds. The monoisotopic (exact) mass is 345 g/mol. The van der Waals surface area contributed by atoms with Crippen LogP contribution in [0.1, 0.15) is 16.1 Å². The molecule has 0 aliphatic carbocycles. The first-order valence-corrected chi connectivity index (χ1v) is 8.52. The zero-order valence-corrected chi connectivity index (χ0v) is 14.6. The molecular weight excluding hydrogens is 326 g/mol. The van der Waals surface area contributed by atoms with Crippen LogP contribution in [0.2, 0.25) is 0 Å². The average Bonchev–Trinajstić information content (AvgIpc) is 2.59. The van der Waals surface area contributed by atoms with E-state index < -0.39 is 11.9 Å². The van der Waals surface area contributed by atoms with E-state index in [0.29, 0.717) is 17.1 Å². The number of rotatable bonds is 6. The molecule has 1 aromatic carbocycles. The first kappa shape index (κ1) is 17.8. The van der Waals surface area contributed by atoms with E-state index in [0.717, 1.165) is 10.6 Å². The molecule has 2 rings (SSSR count). The van der Waals surface area contributed by atoms with Crippen molar-refractivity contribution in [2.45, 2.75) is 11.8 Å². The number of anilines is 2. The fourth-order valence-corrected chi connectivity index (χ4v) is 2.48. The molecule has 0 aliphatic rings. The third-order valence-corrected chi connectivity index (χ3v) is 3.90. The van der Waals surface area contributed by atoms with E-state index in [4.69, 9.17) is 4.74 Å². The minimum atomic E-state index is -0.597. The highest BCUT2D eigenvalue weighted by Crippen LogP contribution is 2.19. The van der Waals surface area contributed by atoms with E-state index in [2.05, 4.69) is 15.6 Å². The van der Waals surface area contributed by atoms with Gasteiger partial charge in [0.25, 0.3) is 5.91 Å². The number of ether oxygens (including phenoxy) is 1. The molecule has 0 atom stereocenters. The summed E-state index contributed by atoms with van der Waals surface area (Å²) in [6.07, 6.45) is 1.96. The zero-order valence-electron chi connectivity index (χ0n) is 13.8. The number of esters is 1. The van der Waals surface area contributed by atoms with Crippen LogP contribution in [0.5, 0.6) is 0 Å².